The second-order valence-corrected chi connectivity index (χ2v) is 18.3. The maximum absolute atomic E-state index is 13.0. The number of hydrogen-bond acceptors (Lipinski definition) is 4. The molecule has 0 radical (unpaired) electrons. The summed E-state index contributed by atoms with van der Waals surface area (Å²) in [6.07, 6.45) is -8.42. The third kappa shape index (κ3) is 10.2. The average Bonchev–Trinajstić information content (AvgIpc) is 2.70. The van der Waals surface area contributed by atoms with Crippen LogP contribution in [0.4, 0.5) is 26.3 Å². The van der Waals surface area contributed by atoms with Gasteiger partial charge in [-0.3, -0.25) is 4.79 Å². The topological polar surface area (TPSA) is 53.6 Å². The van der Waals surface area contributed by atoms with Crippen LogP contribution in [0.3, 0.4) is 0 Å². The van der Waals surface area contributed by atoms with Gasteiger partial charge in [0.05, 0.1) is 11.1 Å². The number of amides is 1. The zero-order valence-electron chi connectivity index (χ0n) is 19.3. The van der Waals surface area contributed by atoms with Crippen molar-refractivity contribution in [3.05, 3.63) is 34.9 Å². The van der Waals surface area contributed by atoms with Gasteiger partial charge in [0.25, 0.3) is 0 Å². The summed E-state index contributed by atoms with van der Waals surface area (Å²) in [5.74, 6) is -0.836. The third-order valence-electron chi connectivity index (χ3n) is 5.24. The molecule has 1 aromatic rings. The number of piperidine rings is 1. The number of carbonyl (C=O) groups excluding carboxylic acids is 1. The van der Waals surface area contributed by atoms with Crippen molar-refractivity contribution < 1.29 is 35.4 Å². The Morgan fingerprint density at radius 1 is 1.12 bits per heavy atom. The fourth-order valence-corrected chi connectivity index (χ4v) is 8.51. The molecule has 14 heteroatoms. The van der Waals surface area contributed by atoms with Gasteiger partial charge in [-0.1, -0.05) is 0 Å². The summed E-state index contributed by atoms with van der Waals surface area (Å²) < 4.78 is 84.0. The standard InChI is InChI=1S/C20H32F6N3O2P3/c1-33(31-34(2,3)32)28-6-9-29-7-4-14(5-8-29)13-27-18(30)15-10-16(19(21,22)23)12-17(11-15)20(24,25)26/h10-12,14,28,34H,4-9,13,32H2,1-3H3,(H,27,30). The Morgan fingerprint density at radius 2 is 1.65 bits per heavy atom. The van der Waals surface area contributed by atoms with Crippen LogP contribution in [0.1, 0.15) is 34.3 Å². The van der Waals surface area contributed by atoms with Gasteiger partial charge in [-0.15, -0.1) is 0 Å². The van der Waals surface area contributed by atoms with Crippen molar-refractivity contribution in [2.75, 3.05) is 52.7 Å². The van der Waals surface area contributed by atoms with Gasteiger partial charge in [-0.05, 0) is 18.2 Å². The molecule has 0 bridgehead atoms. The van der Waals surface area contributed by atoms with Gasteiger partial charge >= 0.3 is 134 Å². The molecule has 0 aromatic heterocycles. The van der Waals surface area contributed by atoms with Crippen LogP contribution in [0.5, 0.6) is 0 Å². The van der Waals surface area contributed by atoms with Crippen LogP contribution < -0.4 is 10.4 Å². The Morgan fingerprint density at radius 3 is 2.12 bits per heavy atom. The molecular formula is C20H32F6N3O2P3. The van der Waals surface area contributed by atoms with E-state index in [4.69, 9.17) is 4.31 Å². The number of carbonyl (C=O) groups is 1. The first-order valence-electron chi connectivity index (χ1n) is 10.8. The van der Waals surface area contributed by atoms with E-state index in [0.29, 0.717) is 12.1 Å². The first-order chi connectivity index (χ1) is 15.5. The van der Waals surface area contributed by atoms with Crippen LogP contribution in [-0.4, -0.2) is 63.5 Å². The summed E-state index contributed by atoms with van der Waals surface area (Å²) in [6, 6.07) is 0.917. The van der Waals surface area contributed by atoms with Crippen LogP contribution in [-0.2, 0) is 16.7 Å². The SMILES string of the molecule is CP(NCCN1CCC(CNC(=O)c2cc(C(F)(F)F)cc(C(F)(F)F)c2)CC1)O[PH](C)(C)P. The van der Waals surface area contributed by atoms with Gasteiger partial charge < -0.3 is 0 Å². The monoisotopic (exact) mass is 553 g/mol. The number of hydrogen-bond donors (Lipinski definition) is 2. The molecule has 1 aromatic carbocycles. The molecule has 2 rings (SSSR count). The molecule has 0 spiro atoms. The van der Waals surface area contributed by atoms with E-state index in [1.165, 1.54) is 0 Å². The number of halogens is 6. The molecule has 196 valence electrons. The molecule has 2 N–H and O–H groups in total. The van der Waals surface area contributed by atoms with Crippen molar-refractivity contribution in [2.24, 2.45) is 5.92 Å². The second kappa shape index (κ2) is 12.1. The number of rotatable bonds is 9. The van der Waals surface area contributed by atoms with E-state index in [0.717, 1.165) is 39.0 Å². The third-order valence-corrected chi connectivity index (χ3v) is 9.84. The molecule has 1 heterocycles. The number of alkyl halides is 6. The molecule has 2 unspecified atom stereocenters. The molecule has 2 atom stereocenters. The molecule has 5 nitrogen and oxygen atoms in total. The summed E-state index contributed by atoms with van der Waals surface area (Å²) in [5, 5.41) is 5.90. The van der Waals surface area contributed by atoms with Crippen LogP contribution in [0, 0.1) is 5.92 Å². The van der Waals surface area contributed by atoms with Gasteiger partial charge in [0, 0.05) is 5.56 Å². The van der Waals surface area contributed by atoms with E-state index >= 15 is 0 Å². The molecular weight excluding hydrogens is 521 g/mol. The van der Waals surface area contributed by atoms with Crippen molar-refractivity contribution >= 4 is 30.3 Å². The van der Waals surface area contributed by atoms with E-state index in [-0.39, 0.29) is 18.5 Å². The average molecular weight is 553 g/mol. The van der Waals surface area contributed by atoms with Gasteiger partial charge in [0.15, 0.2) is 0 Å². The quantitative estimate of drug-likeness (QED) is 0.317. The maximum atomic E-state index is 13.0. The zero-order chi connectivity index (χ0) is 25.7. The van der Waals surface area contributed by atoms with Crippen molar-refractivity contribution in [1.82, 2.24) is 15.3 Å². The Labute approximate surface area is 200 Å². The summed E-state index contributed by atoms with van der Waals surface area (Å²) >= 11 is 0. The minimum atomic E-state index is -4.99. The predicted molar refractivity (Wildman–Crippen MR) is 130 cm³/mol. The normalized spacial score (nSPS) is 18.1. The van der Waals surface area contributed by atoms with Gasteiger partial charge in [0.1, 0.15) is 0 Å². The van der Waals surface area contributed by atoms with Crippen LogP contribution >= 0.6 is 24.4 Å². The number of nitrogens with zero attached hydrogens (tertiary/aromatic N) is 1. The number of nitrogens with one attached hydrogen (secondary N) is 2. The van der Waals surface area contributed by atoms with Crippen molar-refractivity contribution in [2.45, 2.75) is 25.2 Å². The molecule has 0 saturated carbocycles. The summed E-state index contributed by atoms with van der Waals surface area (Å²) in [5.41, 5.74) is -3.65. The van der Waals surface area contributed by atoms with Crippen molar-refractivity contribution in [1.29, 1.82) is 0 Å². The summed E-state index contributed by atoms with van der Waals surface area (Å²) in [7, 11) is 0.428. The summed E-state index contributed by atoms with van der Waals surface area (Å²) in [6.45, 7) is 9.67. The van der Waals surface area contributed by atoms with Gasteiger partial charge in [0.2, 0.25) is 0 Å². The minimum absolute atomic E-state index is 0.0133. The van der Waals surface area contributed by atoms with Crippen LogP contribution in [0.15, 0.2) is 18.2 Å². The van der Waals surface area contributed by atoms with E-state index in [9.17, 15) is 31.1 Å². The molecule has 1 aliphatic rings. The zero-order valence-corrected chi connectivity index (χ0v) is 22.4. The van der Waals surface area contributed by atoms with Gasteiger partial charge in [-0.25, -0.2) is 0 Å². The second-order valence-electron chi connectivity index (χ2n) is 8.89. The predicted octanol–water partition coefficient (Wildman–Crippen LogP) is 5.43. The molecule has 1 fully saturated rings. The van der Waals surface area contributed by atoms with Crippen molar-refractivity contribution in [3.8, 4) is 0 Å². The number of likely N-dealkylation sites (tertiary alicyclic amines) is 1. The molecule has 0 aliphatic carbocycles. The Balaban J connectivity index is 1.82. The van der Waals surface area contributed by atoms with Crippen molar-refractivity contribution in [3.63, 3.8) is 0 Å². The van der Waals surface area contributed by atoms with E-state index in [1.54, 1.807) is 0 Å². The first kappa shape index (κ1) is 29.7. The van der Waals surface area contributed by atoms with E-state index in [1.807, 2.05) is 6.66 Å². The molecule has 34 heavy (non-hydrogen) atoms. The fourth-order valence-electron chi connectivity index (χ4n) is 3.59. The number of benzene rings is 1. The Kier molecular flexibility index (Phi) is 10.6. The summed E-state index contributed by atoms with van der Waals surface area (Å²) in [4.78, 5) is 14.6. The Bertz CT molecular complexity index is 793. The molecule has 1 aliphatic heterocycles. The first-order valence-corrected chi connectivity index (χ1v) is 17.2. The van der Waals surface area contributed by atoms with E-state index < -0.39 is 50.4 Å². The van der Waals surface area contributed by atoms with Gasteiger partial charge in [-0.2, -0.15) is 26.3 Å². The Hall–Kier alpha value is -0.560. The fraction of sp³-hybridized carbons (Fsp3) is 0.650. The van der Waals surface area contributed by atoms with E-state index in [2.05, 4.69) is 37.6 Å². The molecule has 1 amide bonds. The van der Waals surface area contributed by atoms with Crippen LogP contribution in [0.25, 0.3) is 0 Å². The van der Waals surface area contributed by atoms with Crippen LogP contribution in [0.2, 0.25) is 0 Å². The molecule has 1 saturated heterocycles.